The molecule has 1 aromatic carbocycles. The fourth-order valence-electron chi connectivity index (χ4n) is 3.40. The first-order valence-electron chi connectivity index (χ1n) is 8.65. The number of hydrogen-bond acceptors (Lipinski definition) is 1. The molecule has 2 nitrogen and oxygen atoms in total. The lowest BCUT2D eigenvalue weighted by Crippen LogP contribution is -2.48. The highest BCUT2D eigenvalue weighted by Gasteiger charge is 2.45. The Morgan fingerprint density at radius 3 is 2.61 bits per heavy atom. The van der Waals surface area contributed by atoms with Crippen LogP contribution in [-0.4, -0.2) is 12.9 Å². The number of aromatic nitrogens is 1. The van der Waals surface area contributed by atoms with Crippen LogP contribution < -0.4 is 4.43 Å². The van der Waals surface area contributed by atoms with Crippen molar-refractivity contribution in [3.63, 3.8) is 0 Å². The summed E-state index contributed by atoms with van der Waals surface area (Å²) in [6, 6.07) is 5.86. The van der Waals surface area contributed by atoms with Crippen LogP contribution in [0.15, 0.2) is 18.2 Å². The summed E-state index contributed by atoms with van der Waals surface area (Å²) in [6.07, 6.45) is 2.21. The number of hydrogen-bond donors (Lipinski definition) is 0. The standard InChI is InChI=1S/C19H28FNOSi/c1-13(2)19(3,4)23(5,6)22-17-10-9-16-15(18(17)20)12-14-8-7-11-21(14)16/h9-10,12-13H,7-8,11H2,1-6H3. The highest BCUT2D eigenvalue weighted by atomic mass is 28.4. The van der Waals surface area contributed by atoms with Crippen molar-refractivity contribution in [3.8, 4) is 5.75 Å². The molecule has 0 saturated carbocycles. The van der Waals surface area contributed by atoms with E-state index in [9.17, 15) is 0 Å². The number of halogens is 1. The van der Waals surface area contributed by atoms with Gasteiger partial charge in [-0.1, -0.05) is 27.7 Å². The molecule has 0 unspecified atom stereocenters. The molecule has 4 heteroatoms. The number of benzene rings is 1. The Hall–Kier alpha value is -1.29. The van der Waals surface area contributed by atoms with E-state index in [4.69, 9.17) is 4.43 Å². The molecule has 0 spiro atoms. The van der Waals surface area contributed by atoms with Crippen molar-refractivity contribution in [2.75, 3.05) is 0 Å². The Labute approximate surface area is 139 Å². The Bertz CT molecular complexity index is 745. The molecular formula is C19H28FNOSi. The van der Waals surface area contributed by atoms with E-state index in [-0.39, 0.29) is 10.9 Å². The van der Waals surface area contributed by atoms with E-state index >= 15 is 4.39 Å². The smallest absolute Gasteiger partial charge is 0.251 e. The molecule has 23 heavy (non-hydrogen) atoms. The lowest BCUT2D eigenvalue weighted by molar-refractivity contribution is 0.385. The molecular weight excluding hydrogens is 305 g/mol. The predicted molar refractivity (Wildman–Crippen MR) is 97.2 cm³/mol. The Morgan fingerprint density at radius 1 is 1.26 bits per heavy atom. The molecule has 0 aliphatic carbocycles. The summed E-state index contributed by atoms with van der Waals surface area (Å²) in [6.45, 7) is 14.3. The maximum absolute atomic E-state index is 15.0. The van der Waals surface area contributed by atoms with Gasteiger partial charge in [-0.15, -0.1) is 0 Å². The van der Waals surface area contributed by atoms with Crippen LogP contribution in [0.5, 0.6) is 5.75 Å². The molecule has 3 rings (SSSR count). The van der Waals surface area contributed by atoms with Crippen LogP contribution in [0.1, 0.15) is 39.8 Å². The summed E-state index contributed by atoms with van der Waals surface area (Å²) < 4.78 is 23.6. The summed E-state index contributed by atoms with van der Waals surface area (Å²) in [7, 11) is -2.10. The second-order valence-corrected chi connectivity index (χ2v) is 12.7. The van der Waals surface area contributed by atoms with Gasteiger partial charge in [0, 0.05) is 17.6 Å². The minimum absolute atomic E-state index is 0.0664. The normalized spacial score (nSPS) is 15.5. The van der Waals surface area contributed by atoms with Crippen LogP contribution in [0.4, 0.5) is 4.39 Å². The van der Waals surface area contributed by atoms with Crippen LogP contribution in [0.25, 0.3) is 10.9 Å². The van der Waals surface area contributed by atoms with Crippen LogP contribution in [-0.2, 0) is 13.0 Å². The average molecular weight is 334 g/mol. The summed E-state index contributed by atoms with van der Waals surface area (Å²) >= 11 is 0. The molecule has 0 radical (unpaired) electrons. The van der Waals surface area contributed by atoms with E-state index in [2.05, 4.69) is 45.4 Å². The van der Waals surface area contributed by atoms with E-state index in [0.29, 0.717) is 17.1 Å². The SMILES string of the molecule is CC(C)C(C)(C)[Si](C)(C)Oc1ccc2c(cc3n2CCC3)c1F. The molecule has 1 aliphatic heterocycles. The molecule has 0 saturated heterocycles. The van der Waals surface area contributed by atoms with E-state index in [1.54, 1.807) is 0 Å². The fraction of sp³-hybridized carbons (Fsp3) is 0.579. The van der Waals surface area contributed by atoms with E-state index in [1.165, 1.54) is 5.69 Å². The molecule has 0 bridgehead atoms. The third-order valence-electron chi connectivity index (χ3n) is 6.24. The average Bonchev–Trinajstić information content (AvgIpc) is 3.02. The molecule has 1 aliphatic rings. The zero-order valence-electron chi connectivity index (χ0n) is 15.2. The maximum Gasteiger partial charge on any atom is 0.251 e. The topological polar surface area (TPSA) is 14.2 Å². The minimum atomic E-state index is -2.10. The third kappa shape index (κ3) is 2.51. The highest BCUT2D eigenvalue weighted by Crippen LogP contribution is 2.45. The molecule has 1 aromatic heterocycles. The monoisotopic (exact) mass is 333 g/mol. The molecule has 0 amide bonds. The van der Waals surface area contributed by atoms with Gasteiger partial charge in [0.25, 0.3) is 8.32 Å². The second kappa shape index (κ2) is 5.37. The molecule has 126 valence electrons. The predicted octanol–water partition coefficient (Wildman–Crippen LogP) is 5.75. The van der Waals surface area contributed by atoms with Crippen molar-refractivity contribution in [3.05, 3.63) is 29.7 Å². The molecule has 0 atom stereocenters. The van der Waals surface area contributed by atoms with Crippen LogP contribution in [0.2, 0.25) is 18.1 Å². The van der Waals surface area contributed by atoms with Crippen molar-refractivity contribution in [2.24, 2.45) is 5.92 Å². The zero-order valence-corrected chi connectivity index (χ0v) is 16.2. The van der Waals surface area contributed by atoms with Gasteiger partial charge in [0.05, 0.1) is 5.52 Å². The van der Waals surface area contributed by atoms with Crippen molar-refractivity contribution in [2.45, 2.75) is 65.2 Å². The van der Waals surface area contributed by atoms with Gasteiger partial charge in [0.2, 0.25) is 0 Å². The number of aryl methyl sites for hydroxylation is 2. The number of fused-ring (bicyclic) bond motifs is 3. The van der Waals surface area contributed by atoms with Crippen molar-refractivity contribution < 1.29 is 8.82 Å². The largest absolute Gasteiger partial charge is 0.542 e. The van der Waals surface area contributed by atoms with E-state index < -0.39 is 8.32 Å². The lowest BCUT2D eigenvalue weighted by atomic mass is 9.99. The third-order valence-corrected chi connectivity index (χ3v) is 10.7. The Morgan fingerprint density at radius 2 is 1.96 bits per heavy atom. The first kappa shape index (κ1) is 16.6. The van der Waals surface area contributed by atoms with E-state index in [1.807, 2.05) is 18.2 Å². The minimum Gasteiger partial charge on any atom is -0.542 e. The molecule has 0 fully saturated rings. The van der Waals surface area contributed by atoms with Crippen molar-refractivity contribution in [1.82, 2.24) is 4.57 Å². The highest BCUT2D eigenvalue weighted by molar-refractivity contribution is 6.75. The summed E-state index contributed by atoms with van der Waals surface area (Å²) in [5, 5.41) is 0.779. The summed E-state index contributed by atoms with van der Waals surface area (Å²) in [5.41, 5.74) is 2.25. The van der Waals surface area contributed by atoms with Gasteiger partial charge in [-0.05, 0) is 55.1 Å². The van der Waals surface area contributed by atoms with E-state index in [0.717, 1.165) is 24.9 Å². The number of nitrogens with zero attached hydrogens (tertiary/aromatic N) is 1. The quantitative estimate of drug-likeness (QED) is 0.650. The maximum atomic E-state index is 15.0. The summed E-state index contributed by atoms with van der Waals surface area (Å²) in [4.78, 5) is 0. The lowest BCUT2D eigenvalue weighted by Gasteiger charge is -2.42. The Kier molecular flexibility index (Phi) is 3.86. The molecule has 0 N–H and O–H groups in total. The second-order valence-electron chi connectivity index (χ2n) is 8.19. The van der Waals surface area contributed by atoms with Gasteiger partial charge < -0.3 is 8.99 Å². The van der Waals surface area contributed by atoms with Gasteiger partial charge in [-0.25, -0.2) is 4.39 Å². The van der Waals surface area contributed by atoms with Crippen molar-refractivity contribution in [1.29, 1.82) is 0 Å². The van der Waals surface area contributed by atoms with Gasteiger partial charge in [-0.3, -0.25) is 0 Å². The first-order chi connectivity index (χ1) is 10.6. The number of rotatable bonds is 4. The zero-order chi connectivity index (χ0) is 17.0. The van der Waals surface area contributed by atoms with Gasteiger partial charge in [-0.2, -0.15) is 0 Å². The van der Waals surface area contributed by atoms with Gasteiger partial charge in [0.15, 0.2) is 5.82 Å². The fourth-order valence-corrected chi connectivity index (χ4v) is 5.77. The first-order valence-corrected chi connectivity index (χ1v) is 11.6. The summed E-state index contributed by atoms with van der Waals surface area (Å²) in [5.74, 6) is 0.728. The van der Waals surface area contributed by atoms with Gasteiger partial charge >= 0.3 is 0 Å². The molecule has 2 heterocycles. The van der Waals surface area contributed by atoms with Crippen molar-refractivity contribution >= 4 is 19.2 Å². The van der Waals surface area contributed by atoms with Gasteiger partial charge in [0.1, 0.15) is 5.75 Å². The Balaban J connectivity index is 2.00. The molecule has 2 aromatic rings. The van der Waals surface area contributed by atoms with Crippen LogP contribution in [0, 0.1) is 11.7 Å². The van der Waals surface area contributed by atoms with Crippen LogP contribution >= 0.6 is 0 Å². The van der Waals surface area contributed by atoms with Crippen LogP contribution in [0.3, 0.4) is 0 Å².